The molecule has 9 nitrogen and oxygen atoms in total. The fraction of sp³-hybridized carbons (Fsp3) is 0.114. The van der Waals surface area contributed by atoms with Crippen molar-refractivity contribution in [2.45, 2.75) is 19.6 Å². The third-order valence-electron chi connectivity index (χ3n) is 7.36. The largest absolute Gasteiger partial charge is 0.488 e. The SMILES string of the molecule is CCOC(=O)C1=C(c2ccccc2)N=c2s/c(=C\c3cc(Br)ccc3OCc3ccc([N+](=O)[O-])cc3)c(=O)n2[C@H]1c1ccc(F)cc1. The van der Waals surface area contributed by atoms with E-state index in [4.69, 9.17) is 14.5 Å². The van der Waals surface area contributed by atoms with E-state index in [1.54, 1.807) is 55.5 Å². The van der Waals surface area contributed by atoms with Gasteiger partial charge in [-0.15, -0.1) is 0 Å². The first-order valence-corrected chi connectivity index (χ1v) is 16.0. The van der Waals surface area contributed by atoms with Crippen LogP contribution >= 0.6 is 27.3 Å². The standard InChI is InChI=1S/C35H25BrFN3O6S/c1-2-45-34(42)30-31(22-6-4-3-5-7-22)38-35-39(32(30)23-10-13-26(37)14-11-23)33(41)29(47-35)19-24-18-25(36)12-17-28(24)46-20-21-8-15-27(16-9-21)40(43)44/h3-19,32H,2,20H2,1H3/b29-19-/t32-/m0/s1. The van der Waals surface area contributed by atoms with Crippen LogP contribution in [0.3, 0.4) is 0 Å². The molecule has 0 unspecified atom stereocenters. The molecule has 2 heterocycles. The Morgan fingerprint density at radius 1 is 1.06 bits per heavy atom. The number of hydrogen-bond acceptors (Lipinski definition) is 8. The molecule has 6 rings (SSSR count). The number of halogens is 2. The van der Waals surface area contributed by atoms with Crippen molar-refractivity contribution in [1.82, 2.24) is 4.57 Å². The summed E-state index contributed by atoms with van der Waals surface area (Å²) in [6.07, 6.45) is 1.69. The number of benzene rings is 4. The molecule has 0 amide bonds. The van der Waals surface area contributed by atoms with Crippen LogP contribution in [0.5, 0.6) is 5.75 Å². The third-order valence-corrected chi connectivity index (χ3v) is 8.84. The highest BCUT2D eigenvalue weighted by molar-refractivity contribution is 9.10. The van der Waals surface area contributed by atoms with Gasteiger partial charge in [-0.1, -0.05) is 69.7 Å². The Kier molecular flexibility index (Phi) is 9.23. The van der Waals surface area contributed by atoms with Crippen LogP contribution in [-0.2, 0) is 16.1 Å². The zero-order valence-electron chi connectivity index (χ0n) is 24.8. The number of nitro groups is 1. The first-order valence-electron chi connectivity index (χ1n) is 14.4. The van der Waals surface area contributed by atoms with E-state index in [0.717, 1.165) is 21.4 Å². The Bertz CT molecular complexity index is 2200. The van der Waals surface area contributed by atoms with Crippen molar-refractivity contribution in [3.63, 3.8) is 0 Å². The van der Waals surface area contributed by atoms with Crippen LogP contribution in [0.2, 0.25) is 0 Å². The van der Waals surface area contributed by atoms with E-state index in [1.165, 1.54) is 28.8 Å². The van der Waals surface area contributed by atoms with Crippen molar-refractivity contribution in [3.05, 3.63) is 165 Å². The van der Waals surface area contributed by atoms with Crippen molar-refractivity contribution < 1.29 is 23.6 Å². The first-order chi connectivity index (χ1) is 22.7. The van der Waals surface area contributed by atoms with E-state index in [9.17, 15) is 24.1 Å². The van der Waals surface area contributed by atoms with Crippen LogP contribution in [0.4, 0.5) is 10.1 Å². The van der Waals surface area contributed by atoms with Crippen molar-refractivity contribution in [3.8, 4) is 5.75 Å². The number of fused-ring (bicyclic) bond motifs is 1. The molecule has 12 heteroatoms. The number of aromatic nitrogens is 1. The van der Waals surface area contributed by atoms with Gasteiger partial charge >= 0.3 is 5.97 Å². The fourth-order valence-electron chi connectivity index (χ4n) is 5.18. The van der Waals surface area contributed by atoms with Crippen molar-refractivity contribution in [2.75, 3.05) is 6.61 Å². The number of esters is 1. The zero-order chi connectivity index (χ0) is 33.1. The lowest BCUT2D eigenvalue weighted by Crippen LogP contribution is -2.40. The van der Waals surface area contributed by atoms with Gasteiger partial charge in [0.15, 0.2) is 4.80 Å². The molecular weight excluding hydrogens is 689 g/mol. The molecule has 0 fully saturated rings. The van der Waals surface area contributed by atoms with Crippen LogP contribution in [0.1, 0.15) is 35.2 Å². The van der Waals surface area contributed by atoms with Crippen molar-refractivity contribution in [2.24, 2.45) is 4.99 Å². The molecule has 0 saturated carbocycles. The average molecular weight is 715 g/mol. The lowest BCUT2D eigenvalue weighted by molar-refractivity contribution is -0.384. The molecule has 1 aliphatic heterocycles. The minimum atomic E-state index is -0.941. The second-order valence-corrected chi connectivity index (χ2v) is 12.3. The highest BCUT2D eigenvalue weighted by atomic mass is 79.9. The van der Waals surface area contributed by atoms with Crippen LogP contribution in [0.15, 0.2) is 117 Å². The number of nitrogens with zero attached hydrogens (tertiary/aromatic N) is 3. The summed E-state index contributed by atoms with van der Waals surface area (Å²) >= 11 is 4.64. The molecule has 1 aromatic heterocycles. The van der Waals surface area contributed by atoms with E-state index in [0.29, 0.717) is 37.5 Å². The number of non-ortho nitro benzene ring substituents is 1. The molecule has 0 radical (unpaired) electrons. The summed E-state index contributed by atoms with van der Waals surface area (Å²) in [5.74, 6) is -0.612. The lowest BCUT2D eigenvalue weighted by Gasteiger charge is -2.25. The number of carbonyl (C=O) groups is 1. The summed E-state index contributed by atoms with van der Waals surface area (Å²) in [4.78, 5) is 43.5. The summed E-state index contributed by atoms with van der Waals surface area (Å²) in [7, 11) is 0. The summed E-state index contributed by atoms with van der Waals surface area (Å²) in [6.45, 7) is 1.94. The minimum Gasteiger partial charge on any atom is -0.488 e. The van der Waals surface area contributed by atoms with E-state index in [1.807, 2.05) is 30.3 Å². The average Bonchev–Trinajstić information content (AvgIpc) is 3.38. The molecule has 47 heavy (non-hydrogen) atoms. The molecule has 1 atom stereocenters. The third kappa shape index (κ3) is 6.69. The number of nitro benzene ring substituents is 1. The number of carbonyl (C=O) groups excluding carboxylic acids is 1. The Hall–Kier alpha value is -5.20. The number of ether oxygens (including phenoxy) is 2. The van der Waals surface area contributed by atoms with E-state index < -0.39 is 28.3 Å². The maximum Gasteiger partial charge on any atom is 0.338 e. The molecule has 0 bridgehead atoms. The van der Waals surface area contributed by atoms with Gasteiger partial charge in [0.25, 0.3) is 11.2 Å². The van der Waals surface area contributed by atoms with Gasteiger partial charge in [0.05, 0.1) is 33.4 Å². The van der Waals surface area contributed by atoms with Crippen molar-refractivity contribution in [1.29, 1.82) is 0 Å². The van der Waals surface area contributed by atoms with Crippen LogP contribution in [-0.4, -0.2) is 22.1 Å². The Labute approximate surface area is 279 Å². The van der Waals surface area contributed by atoms with Crippen LogP contribution < -0.4 is 19.6 Å². The van der Waals surface area contributed by atoms with Gasteiger partial charge in [0.1, 0.15) is 18.2 Å². The topological polar surface area (TPSA) is 113 Å². The highest BCUT2D eigenvalue weighted by Gasteiger charge is 2.35. The molecule has 4 aromatic carbocycles. The number of hydrogen-bond donors (Lipinski definition) is 0. The molecule has 0 N–H and O–H groups in total. The Morgan fingerprint density at radius 3 is 2.47 bits per heavy atom. The monoisotopic (exact) mass is 713 g/mol. The quantitative estimate of drug-likeness (QED) is 0.100. The minimum absolute atomic E-state index is 0.0195. The molecule has 0 spiro atoms. The smallest absolute Gasteiger partial charge is 0.338 e. The molecule has 0 saturated heterocycles. The molecule has 5 aromatic rings. The maximum atomic E-state index is 14.2. The second-order valence-electron chi connectivity index (χ2n) is 10.4. The normalized spacial score (nSPS) is 14.4. The zero-order valence-corrected chi connectivity index (χ0v) is 27.2. The molecular formula is C35H25BrFN3O6S. The number of thiazole rings is 1. The first kappa shape index (κ1) is 31.8. The predicted octanol–water partition coefficient (Wildman–Crippen LogP) is 6.32. The van der Waals surface area contributed by atoms with Gasteiger partial charge in [-0.2, -0.15) is 0 Å². The Balaban J connectivity index is 1.49. The molecule has 236 valence electrons. The highest BCUT2D eigenvalue weighted by Crippen LogP contribution is 2.35. The lowest BCUT2D eigenvalue weighted by atomic mass is 9.93. The fourth-order valence-corrected chi connectivity index (χ4v) is 6.55. The van der Waals surface area contributed by atoms with E-state index in [2.05, 4.69) is 15.9 Å². The van der Waals surface area contributed by atoms with Gasteiger partial charge in [-0.3, -0.25) is 19.5 Å². The Morgan fingerprint density at radius 2 is 1.79 bits per heavy atom. The van der Waals surface area contributed by atoms with Gasteiger partial charge in [0.2, 0.25) is 0 Å². The van der Waals surface area contributed by atoms with Gasteiger partial charge in [-0.05, 0) is 66.6 Å². The summed E-state index contributed by atoms with van der Waals surface area (Å²) in [6, 6.07) is 25.3. The predicted molar refractivity (Wildman–Crippen MR) is 179 cm³/mol. The summed E-state index contributed by atoms with van der Waals surface area (Å²) in [5.41, 5.74) is 2.60. The molecule has 0 aliphatic carbocycles. The van der Waals surface area contributed by atoms with Gasteiger partial charge < -0.3 is 9.47 Å². The summed E-state index contributed by atoms with van der Waals surface area (Å²) < 4.78 is 28.1. The van der Waals surface area contributed by atoms with E-state index in [-0.39, 0.29) is 24.5 Å². The number of rotatable bonds is 9. The van der Waals surface area contributed by atoms with Gasteiger partial charge in [-0.25, -0.2) is 14.2 Å². The van der Waals surface area contributed by atoms with Crippen LogP contribution in [0.25, 0.3) is 11.8 Å². The van der Waals surface area contributed by atoms with Crippen LogP contribution in [0, 0.1) is 15.9 Å². The van der Waals surface area contributed by atoms with Gasteiger partial charge in [0, 0.05) is 27.7 Å². The summed E-state index contributed by atoms with van der Waals surface area (Å²) in [5, 5.41) is 11.0. The van der Waals surface area contributed by atoms with Crippen molar-refractivity contribution >= 4 is 50.7 Å². The second kappa shape index (κ2) is 13.7. The molecule has 1 aliphatic rings. The van der Waals surface area contributed by atoms with E-state index >= 15 is 0 Å². The maximum absolute atomic E-state index is 14.2.